The second kappa shape index (κ2) is 6.31. The number of ether oxygens (including phenoxy) is 1. The molecule has 1 aromatic heterocycles. The Bertz CT molecular complexity index is 679. The molecular weight excluding hydrogens is 360 g/mol. The number of hydrogen-bond acceptors (Lipinski definition) is 6. The molecule has 0 aliphatic rings. The van der Waals surface area contributed by atoms with Crippen molar-refractivity contribution in [3.05, 3.63) is 48.4 Å². The molecule has 1 heterocycles. The summed E-state index contributed by atoms with van der Waals surface area (Å²) < 4.78 is 5.96. The summed E-state index contributed by atoms with van der Waals surface area (Å²) in [6, 6.07) is 2.82. The van der Waals surface area contributed by atoms with Gasteiger partial charge in [0.1, 0.15) is 6.61 Å². The Labute approximate surface area is 133 Å². The fourth-order valence-electron chi connectivity index (χ4n) is 1.75. The molecule has 0 N–H and O–H groups in total. The van der Waals surface area contributed by atoms with Crippen LogP contribution < -0.4 is 4.74 Å². The monoisotopic (exact) mass is 370 g/mol. The van der Waals surface area contributed by atoms with E-state index < -0.39 is 4.92 Å². The van der Waals surface area contributed by atoms with Crippen molar-refractivity contribution < 1.29 is 14.5 Å². The van der Waals surface area contributed by atoms with Crippen molar-refractivity contribution in [2.75, 3.05) is 0 Å². The summed E-state index contributed by atoms with van der Waals surface area (Å²) in [5, 5.41) is 13.8. The Morgan fingerprint density at radius 2 is 2.24 bits per heavy atom. The van der Waals surface area contributed by atoms with Gasteiger partial charge in [0.25, 0.3) is 0 Å². The Hall–Kier alpha value is -1.80. The number of carbonyl (C=O) groups excluding carboxylic acids is 1. The van der Waals surface area contributed by atoms with Crippen molar-refractivity contribution in [2.45, 2.75) is 20.5 Å². The highest BCUT2D eigenvalue weighted by molar-refractivity contribution is 9.10. The first-order valence-corrected chi connectivity index (χ1v) is 7.58. The molecule has 0 fully saturated rings. The van der Waals surface area contributed by atoms with Crippen LogP contribution in [-0.4, -0.2) is 15.7 Å². The molecule has 0 unspecified atom stereocenters. The highest BCUT2D eigenvalue weighted by atomic mass is 79.9. The van der Waals surface area contributed by atoms with Gasteiger partial charge in [-0.1, -0.05) is 15.9 Å². The lowest BCUT2D eigenvalue weighted by molar-refractivity contribution is -0.386. The van der Waals surface area contributed by atoms with E-state index >= 15 is 0 Å². The number of aryl methyl sites for hydroxylation is 1. The minimum absolute atomic E-state index is 0.0265. The van der Waals surface area contributed by atoms with Gasteiger partial charge in [-0.15, -0.1) is 11.3 Å². The fourth-order valence-corrected chi connectivity index (χ4v) is 2.79. The van der Waals surface area contributed by atoms with Gasteiger partial charge in [0.2, 0.25) is 5.75 Å². The standard InChI is InChI=1S/C13H11BrN2O4S/c1-7(17)11-3-9(14)4-12(16(18)19)13(11)20-5-10-6-21-8(2)15-10/h3-4,6H,5H2,1-2H3. The number of benzene rings is 1. The molecule has 1 aromatic carbocycles. The lowest BCUT2D eigenvalue weighted by Gasteiger charge is -2.10. The van der Waals surface area contributed by atoms with E-state index in [0.717, 1.165) is 5.01 Å². The van der Waals surface area contributed by atoms with E-state index in [1.165, 1.54) is 30.4 Å². The Morgan fingerprint density at radius 1 is 1.52 bits per heavy atom. The number of carbonyl (C=O) groups is 1. The SMILES string of the molecule is CC(=O)c1cc(Br)cc([N+](=O)[O-])c1OCc1csc(C)n1. The number of hydrogen-bond donors (Lipinski definition) is 0. The maximum absolute atomic E-state index is 11.7. The summed E-state index contributed by atoms with van der Waals surface area (Å²) in [5.41, 5.74) is 0.591. The quantitative estimate of drug-likeness (QED) is 0.452. The second-order valence-electron chi connectivity index (χ2n) is 4.26. The molecule has 6 nitrogen and oxygen atoms in total. The molecule has 2 rings (SSSR count). The van der Waals surface area contributed by atoms with Crippen LogP contribution in [0.4, 0.5) is 5.69 Å². The molecular formula is C13H11BrN2O4S. The van der Waals surface area contributed by atoms with Gasteiger partial charge < -0.3 is 4.74 Å². The fraction of sp³-hybridized carbons (Fsp3) is 0.231. The number of halogens is 1. The van der Waals surface area contributed by atoms with Crippen molar-refractivity contribution in [1.82, 2.24) is 4.98 Å². The average Bonchev–Trinajstić information content (AvgIpc) is 2.81. The molecule has 0 saturated carbocycles. The first-order valence-electron chi connectivity index (χ1n) is 5.91. The lowest BCUT2D eigenvalue weighted by Crippen LogP contribution is -2.05. The largest absolute Gasteiger partial charge is 0.480 e. The molecule has 0 aliphatic carbocycles. The van der Waals surface area contributed by atoms with Gasteiger partial charge in [-0.25, -0.2) is 4.98 Å². The lowest BCUT2D eigenvalue weighted by atomic mass is 10.1. The first kappa shape index (κ1) is 15.6. The van der Waals surface area contributed by atoms with Gasteiger partial charge in [0, 0.05) is 15.9 Å². The van der Waals surface area contributed by atoms with Crippen LogP contribution in [0, 0.1) is 17.0 Å². The summed E-state index contributed by atoms with van der Waals surface area (Å²) in [7, 11) is 0. The highest BCUT2D eigenvalue weighted by Gasteiger charge is 2.23. The van der Waals surface area contributed by atoms with Gasteiger partial charge in [0.05, 0.1) is 21.2 Å². The van der Waals surface area contributed by atoms with Crippen LogP contribution in [0.25, 0.3) is 0 Å². The Morgan fingerprint density at radius 3 is 2.76 bits per heavy atom. The van der Waals surface area contributed by atoms with Gasteiger partial charge >= 0.3 is 5.69 Å². The molecule has 0 amide bonds. The smallest absolute Gasteiger partial charge is 0.312 e. The third-order valence-corrected chi connectivity index (χ3v) is 3.92. The summed E-state index contributed by atoms with van der Waals surface area (Å²) in [4.78, 5) is 26.5. The summed E-state index contributed by atoms with van der Waals surface area (Å²) in [6.45, 7) is 3.27. The number of rotatable bonds is 5. The summed E-state index contributed by atoms with van der Waals surface area (Å²) in [6.07, 6.45) is 0. The van der Waals surface area contributed by atoms with Crippen molar-refractivity contribution in [2.24, 2.45) is 0 Å². The molecule has 0 saturated heterocycles. The molecule has 8 heteroatoms. The molecule has 0 radical (unpaired) electrons. The Balaban J connectivity index is 2.39. The van der Waals surface area contributed by atoms with Crippen LogP contribution in [0.1, 0.15) is 28.0 Å². The van der Waals surface area contributed by atoms with E-state index in [9.17, 15) is 14.9 Å². The number of aromatic nitrogens is 1. The predicted molar refractivity (Wildman–Crippen MR) is 82.0 cm³/mol. The third-order valence-electron chi connectivity index (χ3n) is 2.64. The first-order chi connectivity index (χ1) is 9.88. The van der Waals surface area contributed by atoms with Crippen LogP contribution >= 0.6 is 27.3 Å². The summed E-state index contributed by atoms with van der Waals surface area (Å²) >= 11 is 4.62. The van der Waals surface area contributed by atoms with E-state index in [4.69, 9.17) is 4.74 Å². The van der Waals surface area contributed by atoms with Crippen LogP contribution in [0.5, 0.6) is 5.75 Å². The number of nitro groups is 1. The molecule has 2 aromatic rings. The minimum Gasteiger partial charge on any atom is -0.480 e. The zero-order valence-electron chi connectivity index (χ0n) is 11.3. The van der Waals surface area contributed by atoms with Gasteiger partial charge in [-0.05, 0) is 19.9 Å². The van der Waals surface area contributed by atoms with Crippen LogP contribution in [0.2, 0.25) is 0 Å². The van der Waals surface area contributed by atoms with Crippen molar-refractivity contribution in [1.29, 1.82) is 0 Å². The maximum atomic E-state index is 11.7. The topological polar surface area (TPSA) is 82.3 Å². The molecule has 0 aliphatic heterocycles. The van der Waals surface area contributed by atoms with E-state index in [2.05, 4.69) is 20.9 Å². The normalized spacial score (nSPS) is 10.4. The number of ketones is 1. The molecule has 0 spiro atoms. The molecule has 21 heavy (non-hydrogen) atoms. The maximum Gasteiger partial charge on any atom is 0.312 e. The number of Topliss-reactive ketones (excluding diaryl/α,β-unsaturated/α-hetero) is 1. The van der Waals surface area contributed by atoms with Gasteiger partial charge in [0.15, 0.2) is 5.78 Å². The van der Waals surface area contributed by atoms with E-state index in [1.54, 1.807) is 0 Å². The number of nitro benzene ring substituents is 1. The molecule has 0 bridgehead atoms. The van der Waals surface area contributed by atoms with E-state index in [1.807, 2.05) is 12.3 Å². The molecule has 0 atom stereocenters. The van der Waals surface area contributed by atoms with Gasteiger partial charge in [-0.3, -0.25) is 14.9 Å². The zero-order chi connectivity index (χ0) is 15.6. The zero-order valence-corrected chi connectivity index (χ0v) is 13.7. The van der Waals surface area contributed by atoms with E-state index in [-0.39, 0.29) is 29.4 Å². The van der Waals surface area contributed by atoms with E-state index in [0.29, 0.717) is 10.2 Å². The van der Waals surface area contributed by atoms with Crippen LogP contribution in [0.3, 0.4) is 0 Å². The number of nitrogens with zero attached hydrogens (tertiary/aromatic N) is 2. The van der Waals surface area contributed by atoms with Crippen LogP contribution in [-0.2, 0) is 6.61 Å². The molecule has 110 valence electrons. The third kappa shape index (κ3) is 3.64. The van der Waals surface area contributed by atoms with Crippen molar-refractivity contribution in [3.8, 4) is 5.75 Å². The second-order valence-corrected chi connectivity index (χ2v) is 6.24. The van der Waals surface area contributed by atoms with Crippen molar-refractivity contribution >= 4 is 38.7 Å². The summed E-state index contributed by atoms with van der Waals surface area (Å²) in [5.74, 6) is -0.329. The van der Waals surface area contributed by atoms with Crippen LogP contribution in [0.15, 0.2) is 22.0 Å². The van der Waals surface area contributed by atoms with Crippen molar-refractivity contribution in [3.63, 3.8) is 0 Å². The number of thiazole rings is 1. The average molecular weight is 371 g/mol. The highest BCUT2D eigenvalue weighted by Crippen LogP contribution is 2.35. The Kier molecular flexibility index (Phi) is 4.69. The minimum atomic E-state index is -0.571. The predicted octanol–water partition coefficient (Wildman–Crippen LogP) is 3.90. The van der Waals surface area contributed by atoms with Gasteiger partial charge in [-0.2, -0.15) is 0 Å².